The Kier molecular flexibility index (Phi) is 3.80. The fourth-order valence-electron chi connectivity index (χ4n) is 1.55. The van der Waals surface area contributed by atoms with Gasteiger partial charge in [0, 0.05) is 11.8 Å². The van der Waals surface area contributed by atoms with Crippen LogP contribution >= 0.6 is 15.9 Å². The molecule has 0 radical (unpaired) electrons. The quantitative estimate of drug-likeness (QED) is 0.892. The zero-order chi connectivity index (χ0) is 14.0. The molecule has 2 N–H and O–H groups in total. The number of amides is 1. The lowest BCUT2D eigenvalue weighted by Gasteiger charge is -2.09. The summed E-state index contributed by atoms with van der Waals surface area (Å²) < 4.78 is 13.5. The van der Waals surface area contributed by atoms with Gasteiger partial charge >= 0.3 is 0 Å². The molecule has 6 heteroatoms. The second-order valence-corrected chi connectivity index (χ2v) is 4.82. The lowest BCUT2D eigenvalue weighted by molar-refractivity contribution is 0.102. The first-order valence-electron chi connectivity index (χ1n) is 5.43. The van der Waals surface area contributed by atoms with Crippen molar-refractivity contribution in [1.29, 1.82) is 0 Å². The lowest BCUT2D eigenvalue weighted by atomic mass is 10.2. The highest BCUT2D eigenvalue weighted by atomic mass is 79.9. The van der Waals surface area contributed by atoms with Crippen molar-refractivity contribution < 1.29 is 9.18 Å². The van der Waals surface area contributed by atoms with E-state index in [2.05, 4.69) is 26.2 Å². The van der Waals surface area contributed by atoms with Crippen molar-refractivity contribution in [3.8, 4) is 0 Å². The number of aryl methyl sites for hydroxylation is 1. The minimum Gasteiger partial charge on any atom is -0.320 e. The number of nitrogens with one attached hydrogen (secondary N) is 2. The molecular weight excluding hydrogens is 315 g/mol. The summed E-state index contributed by atoms with van der Waals surface area (Å²) in [6.07, 6.45) is 0. The van der Waals surface area contributed by atoms with E-state index in [0.29, 0.717) is 11.3 Å². The van der Waals surface area contributed by atoms with Crippen molar-refractivity contribution in [2.45, 2.75) is 6.92 Å². The maximum atomic E-state index is 13.3. The summed E-state index contributed by atoms with van der Waals surface area (Å²) in [4.78, 5) is 25.5. The smallest absolute Gasteiger partial charge is 0.272 e. The molecule has 19 heavy (non-hydrogen) atoms. The van der Waals surface area contributed by atoms with E-state index >= 15 is 0 Å². The third kappa shape index (κ3) is 3.08. The molecule has 0 bridgehead atoms. The molecule has 0 fully saturated rings. The molecule has 0 spiro atoms. The van der Waals surface area contributed by atoms with E-state index in [1.807, 2.05) is 0 Å². The SMILES string of the molecule is Cc1cc(F)c(Br)cc1NC(=O)c1cccc(=O)[nH]1. The van der Waals surface area contributed by atoms with Crippen LogP contribution in [0.1, 0.15) is 16.1 Å². The van der Waals surface area contributed by atoms with Crippen molar-refractivity contribution in [1.82, 2.24) is 4.98 Å². The number of rotatable bonds is 2. The number of carbonyl (C=O) groups is 1. The first kappa shape index (κ1) is 13.5. The van der Waals surface area contributed by atoms with Gasteiger partial charge in [-0.1, -0.05) is 6.07 Å². The van der Waals surface area contributed by atoms with Crippen LogP contribution in [0.3, 0.4) is 0 Å². The normalized spacial score (nSPS) is 10.3. The summed E-state index contributed by atoms with van der Waals surface area (Å²) in [7, 11) is 0. The number of aromatic amines is 1. The third-order valence-corrected chi connectivity index (χ3v) is 3.14. The summed E-state index contributed by atoms with van der Waals surface area (Å²) >= 11 is 3.05. The molecule has 1 aromatic carbocycles. The minimum atomic E-state index is -0.459. The fraction of sp³-hybridized carbons (Fsp3) is 0.0769. The number of benzene rings is 1. The van der Waals surface area contributed by atoms with Crippen molar-refractivity contribution >= 4 is 27.5 Å². The Morgan fingerprint density at radius 2 is 2.11 bits per heavy atom. The van der Waals surface area contributed by atoms with E-state index in [9.17, 15) is 14.0 Å². The predicted octanol–water partition coefficient (Wildman–Crippen LogP) is 2.84. The summed E-state index contributed by atoms with van der Waals surface area (Å²) in [5.74, 6) is -0.858. The summed E-state index contributed by atoms with van der Waals surface area (Å²) in [6, 6.07) is 7.08. The molecular formula is C13H10BrFN2O2. The van der Waals surface area contributed by atoms with Gasteiger partial charge in [-0.2, -0.15) is 0 Å². The van der Waals surface area contributed by atoms with Gasteiger partial charge in [0.2, 0.25) is 5.56 Å². The molecule has 4 nitrogen and oxygen atoms in total. The molecule has 2 rings (SSSR count). The van der Waals surface area contributed by atoms with Crippen molar-refractivity contribution in [2.24, 2.45) is 0 Å². The van der Waals surface area contributed by atoms with E-state index in [0.717, 1.165) is 0 Å². The zero-order valence-corrected chi connectivity index (χ0v) is 11.5. The fourth-order valence-corrected chi connectivity index (χ4v) is 1.89. The molecule has 1 amide bonds. The van der Waals surface area contributed by atoms with Gasteiger partial charge in [-0.05, 0) is 46.6 Å². The maximum absolute atomic E-state index is 13.3. The van der Waals surface area contributed by atoms with Crippen LogP contribution in [0.5, 0.6) is 0 Å². The van der Waals surface area contributed by atoms with Gasteiger partial charge in [0.25, 0.3) is 5.91 Å². The summed E-state index contributed by atoms with van der Waals surface area (Å²) in [5.41, 5.74) is 0.854. The van der Waals surface area contributed by atoms with Crippen LogP contribution in [0.25, 0.3) is 0 Å². The van der Waals surface area contributed by atoms with Gasteiger partial charge < -0.3 is 10.3 Å². The number of carbonyl (C=O) groups excluding carboxylic acids is 1. The number of H-pyrrole nitrogens is 1. The van der Waals surface area contributed by atoms with E-state index in [1.165, 1.54) is 30.3 Å². The van der Waals surface area contributed by atoms with Crippen LogP contribution in [0.2, 0.25) is 0 Å². The lowest BCUT2D eigenvalue weighted by Crippen LogP contribution is -2.18. The maximum Gasteiger partial charge on any atom is 0.272 e. The van der Waals surface area contributed by atoms with Crippen LogP contribution < -0.4 is 10.9 Å². The standard InChI is InChI=1S/C13H10BrFN2O2/c1-7-5-9(15)8(14)6-11(7)17-13(19)10-3-2-4-12(18)16-10/h2-6H,1H3,(H,16,18)(H,17,19). The Morgan fingerprint density at radius 1 is 1.37 bits per heavy atom. The topological polar surface area (TPSA) is 62.0 Å². The minimum absolute atomic E-state index is 0.146. The molecule has 0 saturated carbocycles. The Bertz CT molecular complexity index is 697. The van der Waals surface area contributed by atoms with Crippen molar-refractivity contribution in [3.05, 3.63) is 62.2 Å². The van der Waals surface area contributed by atoms with Crippen molar-refractivity contribution in [2.75, 3.05) is 5.32 Å². The first-order chi connectivity index (χ1) is 8.97. The van der Waals surface area contributed by atoms with Gasteiger partial charge in [-0.3, -0.25) is 9.59 Å². The van der Waals surface area contributed by atoms with Crippen LogP contribution in [0, 0.1) is 12.7 Å². The summed E-state index contributed by atoms with van der Waals surface area (Å²) in [6.45, 7) is 1.68. The van der Waals surface area contributed by atoms with Gasteiger partial charge in [-0.25, -0.2) is 4.39 Å². The van der Waals surface area contributed by atoms with E-state index < -0.39 is 11.7 Å². The first-order valence-corrected chi connectivity index (χ1v) is 6.23. The van der Waals surface area contributed by atoms with Crippen LogP contribution in [-0.4, -0.2) is 10.9 Å². The van der Waals surface area contributed by atoms with Crippen LogP contribution in [-0.2, 0) is 0 Å². The third-order valence-electron chi connectivity index (χ3n) is 2.53. The summed E-state index contributed by atoms with van der Waals surface area (Å²) in [5, 5.41) is 2.62. The number of anilines is 1. The van der Waals surface area contributed by atoms with Crippen LogP contribution in [0.4, 0.5) is 10.1 Å². The van der Waals surface area contributed by atoms with E-state index in [4.69, 9.17) is 0 Å². The molecule has 0 aliphatic carbocycles. The molecule has 0 aliphatic heterocycles. The predicted molar refractivity (Wildman–Crippen MR) is 73.9 cm³/mol. The highest BCUT2D eigenvalue weighted by Gasteiger charge is 2.10. The van der Waals surface area contributed by atoms with Crippen LogP contribution in [0.15, 0.2) is 39.6 Å². The van der Waals surface area contributed by atoms with Gasteiger partial charge in [-0.15, -0.1) is 0 Å². The molecule has 2 aromatic rings. The molecule has 98 valence electrons. The van der Waals surface area contributed by atoms with E-state index in [1.54, 1.807) is 6.92 Å². The van der Waals surface area contributed by atoms with Gasteiger partial charge in [0.05, 0.1) is 4.47 Å². The number of halogens is 2. The molecule has 1 aromatic heterocycles. The number of hydrogen-bond donors (Lipinski definition) is 2. The Morgan fingerprint density at radius 3 is 2.79 bits per heavy atom. The largest absolute Gasteiger partial charge is 0.320 e. The zero-order valence-electron chi connectivity index (χ0n) is 9.96. The molecule has 1 heterocycles. The Hall–Kier alpha value is -1.95. The number of pyridine rings is 1. The van der Waals surface area contributed by atoms with Crippen molar-refractivity contribution in [3.63, 3.8) is 0 Å². The van der Waals surface area contributed by atoms with E-state index in [-0.39, 0.29) is 15.7 Å². The number of hydrogen-bond acceptors (Lipinski definition) is 2. The average Bonchev–Trinajstić information content (AvgIpc) is 2.36. The van der Waals surface area contributed by atoms with Gasteiger partial charge in [0.15, 0.2) is 0 Å². The molecule has 0 aliphatic rings. The molecule has 0 unspecified atom stereocenters. The Balaban J connectivity index is 2.29. The second-order valence-electron chi connectivity index (χ2n) is 3.96. The number of aromatic nitrogens is 1. The molecule has 0 atom stereocenters. The molecule has 0 saturated heterocycles. The Labute approximate surface area is 116 Å². The monoisotopic (exact) mass is 324 g/mol. The van der Waals surface area contributed by atoms with Gasteiger partial charge in [0.1, 0.15) is 11.5 Å². The highest BCUT2D eigenvalue weighted by Crippen LogP contribution is 2.24. The highest BCUT2D eigenvalue weighted by molar-refractivity contribution is 9.10. The second kappa shape index (κ2) is 5.36. The average molecular weight is 325 g/mol.